The molecule has 100 valence electrons. The van der Waals surface area contributed by atoms with Gasteiger partial charge in [-0.2, -0.15) is 0 Å². The van der Waals surface area contributed by atoms with E-state index in [1.165, 1.54) is 12.1 Å². The van der Waals surface area contributed by atoms with Crippen molar-refractivity contribution in [2.24, 2.45) is 11.7 Å². The molecule has 3 nitrogen and oxygen atoms in total. The summed E-state index contributed by atoms with van der Waals surface area (Å²) in [7, 11) is 0. The summed E-state index contributed by atoms with van der Waals surface area (Å²) >= 11 is 0. The molecule has 0 aliphatic heterocycles. The molecular formula is C13H18ClFN2O. The summed E-state index contributed by atoms with van der Waals surface area (Å²) < 4.78 is 12.9. The van der Waals surface area contributed by atoms with Crippen molar-refractivity contribution in [2.75, 3.05) is 5.32 Å². The van der Waals surface area contributed by atoms with Gasteiger partial charge in [0.2, 0.25) is 5.91 Å². The molecule has 3 N–H and O–H groups in total. The van der Waals surface area contributed by atoms with Crippen LogP contribution in [0.4, 0.5) is 10.1 Å². The fraction of sp³-hybridized carbons (Fsp3) is 0.462. The van der Waals surface area contributed by atoms with E-state index in [2.05, 4.69) is 5.32 Å². The molecule has 1 fully saturated rings. The molecule has 5 heteroatoms. The van der Waals surface area contributed by atoms with Crippen molar-refractivity contribution < 1.29 is 9.18 Å². The molecule has 1 aliphatic rings. The third-order valence-electron chi connectivity index (χ3n) is 3.27. The Bertz CT molecular complexity index is 414. The topological polar surface area (TPSA) is 55.1 Å². The molecule has 0 saturated heterocycles. The Balaban J connectivity index is 0.00000162. The van der Waals surface area contributed by atoms with Gasteiger partial charge in [0.1, 0.15) is 5.82 Å². The molecule has 0 heterocycles. The maximum absolute atomic E-state index is 12.9. The lowest BCUT2D eigenvalue weighted by Gasteiger charge is -2.14. The number of nitrogens with two attached hydrogens (primary N) is 1. The Morgan fingerprint density at radius 3 is 2.83 bits per heavy atom. The van der Waals surface area contributed by atoms with Gasteiger partial charge in [0.15, 0.2) is 0 Å². The van der Waals surface area contributed by atoms with E-state index in [1.807, 2.05) is 0 Å². The summed E-state index contributed by atoms with van der Waals surface area (Å²) in [5.41, 5.74) is 6.41. The van der Waals surface area contributed by atoms with Crippen molar-refractivity contribution in [3.8, 4) is 0 Å². The number of carbonyl (C=O) groups excluding carboxylic acids is 1. The van der Waals surface area contributed by atoms with Gasteiger partial charge < -0.3 is 11.1 Å². The Hall–Kier alpha value is -1.13. The molecule has 0 aromatic heterocycles. The molecule has 2 atom stereocenters. The zero-order valence-corrected chi connectivity index (χ0v) is 10.9. The Labute approximate surface area is 112 Å². The zero-order valence-electron chi connectivity index (χ0n) is 10.1. The molecule has 1 aromatic carbocycles. The fourth-order valence-electron chi connectivity index (χ4n) is 2.34. The van der Waals surface area contributed by atoms with Crippen LogP contribution in [0.15, 0.2) is 24.3 Å². The van der Waals surface area contributed by atoms with Gasteiger partial charge in [0, 0.05) is 18.2 Å². The minimum absolute atomic E-state index is 0. The third-order valence-corrected chi connectivity index (χ3v) is 3.27. The van der Waals surface area contributed by atoms with Crippen LogP contribution in [0.5, 0.6) is 0 Å². The van der Waals surface area contributed by atoms with Crippen molar-refractivity contribution >= 4 is 24.0 Å². The lowest BCUT2D eigenvalue weighted by Crippen LogP contribution is -2.28. The molecule has 0 bridgehead atoms. The summed E-state index contributed by atoms with van der Waals surface area (Å²) in [6, 6.07) is 6.05. The molecular weight excluding hydrogens is 255 g/mol. The monoisotopic (exact) mass is 272 g/mol. The van der Waals surface area contributed by atoms with Gasteiger partial charge in [-0.05, 0) is 37.0 Å². The number of nitrogens with one attached hydrogen (secondary N) is 1. The summed E-state index contributed by atoms with van der Waals surface area (Å²) in [6.45, 7) is 0. The van der Waals surface area contributed by atoms with Crippen LogP contribution in [-0.2, 0) is 4.79 Å². The van der Waals surface area contributed by atoms with Crippen LogP contribution in [0.2, 0.25) is 0 Å². The largest absolute Gasteiger partial charge is 0.327 e. The zero-order chi connectivity index (χ0) is 12.3. The van der Waals surface area contributed by atoms with Gasteiger partial charge in [-0.3, -0.25) is 4.79 Å². The molecule has 0 radical (unpaired) electrons. The van der Waals surface area contributed by atoms with Crippen LogP contribution in [0.3, 0.4) is 0 Å². The highest BCUT2D eigenvalue weighted by atomic mass is 35.5. The fourth-order valence-corrected chi connectivity index (χ4v) is 2.34. The highest BCUT2D eigenvalue weighted by molar-refractivity contribution is 5.90. The molecule has 1 amide bonds. The number of rotatable bonds is 3. The maximum atomic E-state index is 12.9. The number of anilines is 1. The quantitative estimate of drug-likeness (QED) is 0.889. The number of amides is 1. The highest BCUT2D eigenvalue weighted by Gasteiger charge is 2.25. The van der Waals surface area contributed by atoms with E-state index in [0.717, 1.165) is 19.3 Å². The second-order valence-corrected chi connectivity index (χ2v) is 4.62. The molecule has 1 saturated carbocycles. The Morgan fingerprint density at radius 2 is 2.22 bits per heavy atom. The number of hydrogen-bond donors (Lipinski definition) is 2. The Kier molecular flexibility index (Phi) is 5.56. The number of hydrogen-bond acceptors (Lipinski definition) is 2. The highest BCUT2D eigenvalue weighted by Crippen LogP contribution is 2.27. The molecule has 0 spiro atoms. The minimum atomic E-state index is -0.347. The lowest BCUT2D eigenvalue weighted by atomic mass is 10.00. The van der Waals surface area contributed by atoms with Gasteiger partial charge >= 0.3 is 0 Å². The minimum Gasteiger partial charge on any atom is -0.327 e. The second kappa shape index (κ2) is 6.71. The van der Waals surface area contributed by atoms with Crippen LogP contribution in [0, 0.1) is 11.7 Å². The normalized spacial score (nSPS) is 22.3. The third kappa shape index (κ3) is 3.96. The number of carbonyl (C=O) groups is 1. The number of benzene rings is 1. The van der Waals surface area contributed by atoms with Gasteiger partial charge in [0.25, 0.3) is 0 Å². The van der Waals surface area contributed by atoms with Crippen LogP contribution >= 0.6 is 12.4 Å². The van der Waals surface area contributed by atoms with Crippen molar-refractivity contribution in [1.29, 1.82) is 0 Å². The van der Waals surface area contributed by atoms with E-state index in [0.29, 0.717) is 12.1 Å². The second-order valence-electron chi connectivity index (χ2n) is 4.62. The first kappa shape index (κ1) is 14.9. The first-order valence-electron chi connectivity index (χ1n) is 5.96. The summed E-state index contributed by atoms with van der Waals surface area (Å²) in [5, 5.41) is 2.70. The lowest BCUT2D eigenvalue weighted by molar-refractivity contribution is -0.117. The van der Waals surface area contributed by atoms with Gasteiger partial charge in [-0.1, -0.05) is 12.5 Å². The van der Waals surface area contributed by atoms with Crippen LogP contribution in [0.25, 0.3) is 0 Å². The molecule has 2 rings (SSSR count). The predicted octanol–water partition coefficient (Wildman–Crippen LogP) is 2.70. The van der Waals surface area contributed by atoms with Crippen LogP contribution < -0.4 is 11.1 Å². The Morgan fingerprint density at radius 1 is 1.44 bits per heavy atom. The SMILES string of the molecule is Cl.N[C@@H]1CCC[C@H]1CC(=O)Nc1cccc(F)c1. The van der Waals surface area contributed by atoms with Crippen molar-refractivity contribution in [3.63, 3.8) is 0 Å². The predicted molar refractivity (Wildman–Crippen MR) is 72.2 cm³/mol. The average molecular weight is 273 g/mol. The smallest absolute Gasteiger partial charge is 0.224 e. The van der Waals surface area contributed by atoms with Crippen molar-refractivity contribution in [2.45, 2.75) is 31.7 Å². The molecule has 18 heavy (non-hydrogen) atoms. The van der Waals surface area contributed by atoms with E-state index >= 15 is 0 Å². The summed E-state index contributed by atoms with van der Waals surface area (Å²) in [6.07, 6.45) is 3.53. The maximum Gasteiger partial charge on any atom is 0.224 e. The van der Waals surface area contributed by atoms with E-state index in [9.17, 15) is 9.18 Å². The van der Waals surface area contributed by atoms with E-state index in [4.69, 9.17) is 5.73 Å². The summed E-state index contributed by atoms with van der Waals surface area (Å²) in [4.78, 5) is 11.7. The van der Waals surface area contributed by atoms with Gasteiger partial charge in [-0.25, -0.2) is 4.39 Å². The van der Waals surface area contributed by atoms with Gasteiger partial charge in [-0.15, -0.1) is 12.4 Å². The standard InChI is InChI=1S/C13H17FN2O.ClH/c14-10-4-2-5-11(8-10)16-13(17)7-9-3-1-6-12(9)15;/h2,4-5,8-9,12H,1,3,6-7,15H2,(H,16,17);1H/t9-,12+;/m0./s1. The van der Waals surface area contributed by atoms with Crippen molar-refractivity contribution in [1.82, 2.24) is 0 Å². The van der Waals surface area contributed by atoms with Crippen molar-refractivity contribution in [3.05, 3.63) is 30.1 Å². The number of halogens is 2. The average Bonchev–Trinajstić information content (AvgIpc) is 2.64. The molecule has 1 aromatic rings. The van der Waals surface area contributed by atoms with E-state index in [1.54, 1.807) is 12.1 Å². The first-order chi connectivity index (χ1) is 8.15. The van der Waals surface area contributed by atoms with Gasteiger partial charge in [0.05, 0.1) is 0 Å². The van der Waals surface area contributed by atoms with Crippen LogP contribution in [0.1, 0.15) is 25.7 Å². The van der Waals surface area contributed by atoms with E-state index in [-0.39, 0.29) is 36.1 Å². The summed E-state index contributed by atoms with van der Waals surface area (Å²) in [5.74, 6) is -0.165. The van der Waals surface area contributed by atoms with E-state index < -0.39 is 0 Å². The van der Waals surface area contributed by atoms with Crippen LogP contribution in [-0.4, -0.2) is 11.9 Å². The molecule has 1 aliphatic carbocycles. The molecule has 0 unspecified atom stereocenters. The first-order valence-corrected chi connectivity index (χ1v) is 5.96.